The molecule has 0 aromatic carbocycles. The van der Waals surface area contributed by atoms with Crippen molar-refractivity contribution in [3.05, 3.63) is 16.1 Å². The van der Waals surface area contributed by atoms with E-state index in [1.807, 2.05) is 25.1 Å². The van der Waals surface area contributed by atoms with Gasteiger partial charge in [-0.05, 0) is 32.7 Å². The fourth-order valence-electron chi connectivity index (χ4n) is 2.39. The highest BCUT2D eigenvalue weighted by molar-refractivity contribution is 7.11. The molecule has 4 nitrogen and oxygen atoms in total. The lowest BCUT2D eigenvalue weighted by Crippen LogP contribution is -2.43. The molecule has 0 radical (unpaired) electrons. The number of likely N-dealkylation sites (tertiary alicyclic amines) is 1. The molecule has 18 heavy (non-hydrogen) atoms. The first-order valence-corrected chi connectivity index (χ1v) is 7.29. The Morgan fingerprint density at radius 3 is 3.00 bits per heavy atom. The highest BCUT2D eigenvalue weighted by atomic mass is 32.1. The van der Waals surface area contributed by atoms with Gasteiger partial charge in [0, 0.05) is 17.6 Å². The normalized spacial score (nSPS) is 25.3. The van der Waals surface area contributed by atoms with Crippen LogP contribution in [0.5, 0.6) is 0 Å². The Morgan fingerprint density at radius 1 is 1.61 bits per heavy atom. The quantitative estimate of drug-likeness (QED) is 0.908. The maximum atomic E-state index is 12.4. The van der Waals surface area contributed by atoms with Crippen molar-refractivity contribution in [2.24, 2.45) is 5.92 Å². The van der Waals surface area contributed by atoms with Gasteiger partial charge in [0.2, 0.25) is 5.91 Å². The molecule has 1 aromatic rings. The summed E-state index contributed by atoms with van der Waals surface area (Å²) in [6.45, 7) is 5.78. The molecule has 2 atom stereocenters. The van der Waals surface area contributed by atoms with Crippen LogP contribution in [0, 0.1) is 12.8 Å². The number of hydrogen-bond acceptors (Lipinski definition) is 4. The number of carbonyl (C=O) groups is 1. The summed E-state index contributed by atoms with van der Waals surface area (Å²) in [5.41, 5.74) is 0. The van der Waals surface area contributed by atoms with Gasteiger partial charge in [-0.2, -0.15) is 0 Å². The van der Waals surface area contributed by atoms with Gasteiger partial charge in [0.05, 0.1) is 17.6 Å². The van der Waals surface area contributed by atoms with Crippen molar-refractivity contribution in [2.75, 3.05) is 13.6 Å². The van der Waals surface area contributed by atoms with E-state index in [1.54, 1.807) is 11.3 Å². The maximum Gasteiger partial charge on any atom is 0.240 e. The maximum absolute atomic E-state index is 12.4. The van der Waals surface area contributed by atoms with Crippen molar-refractivity contribution in [2.45, 2.75) is 39.3 Å². The number of hydrogen-bond donors (Lipinski definition) is 1. The first kappa shape index (κ1) is 13.5. The Hall–Kier alpha value is -0.940. The van der Waals surface area contributed by atoms with E-state index in [2.05, 4.69) is 17.2 Å². The van der Waals surface area contributed by atoms with E-state index >= 15 is 0 Å². The Bertz CT molecular complexity index is 418. The van der Waals surface area contributed by atoms with Gasteiger partial charge in [0.1, 0.15) is 0 Å². The third-order valence-electron chi connectivity index (χ3n) is 3.50. The van der Waals surface area contributed by atoms with Gasteiger partial charge in [-0.15, -0.1) is 11.3 Å². The SMILES string of the molecule is CNC1CC(C)CCN(Cc2cnc(C)s2)C1=O. The number of aromatic nitrogens is 1. The Morgan fingerprint density at radius 2 is 2.39 bits per heavy atom. The summed E-state index contributed by atoms with van der Waals surface area (Å²) in [7, 11) is 1.87. The highest BCUT2D eigenvalue weighted by Crippen LogP contribution is 2.21. The minimum atomic E-state index is -0.0310. The third kappa shape index (κ3) is 3.09. The fraction of sp³-hybridized carbons (Fsp3) is 0.692. The van der Waals surface area contributed by atoms with Crippen molar-refractivity contribution in [3.63, 3.8) is 0 Å². The second-order valence-corrected chi connectivity index (χ2v) is 6.40. The minimum Gasteiger partial charge on any atom is -0.336 e. The predicted molar refractivity (Wildman–Crippen MR) is 73.5 cm³/mol. The number of nitrogens with zero attached hydrogens (tertiary/aromatic N) is 2. The second kappa shape index (κ2) is 5.80. The average molecular weight is 267 g/mol. The summed E-state index contributed by atoms with van der Waals surface area (Å²) < 4.78 is 0. The molecule has 5 heteroatoms. The third-order valence-corrected chi connectivity index (χ3v) is 4.40. The van der Waals surface area contributed by atoms with E-state index in [0.29, 0.717) is 12.5 Å². The topological polar surface area (TPSA) is 45.2 Å². The lowest BCUT2D eigenvalue weighted by Gasteiger charge is -2.23. The van der Waals surface area contributed by atoms with Gasteiger partial charge in [-0.25, -0.2) is 4.98 Å². The number of aryl methyl sites for hydroxylation is 1. The summed E-state index contributed by atoms with van der Waals surface area (Å²) in [6, 6.07) is -0.0310. The standard InChI is InChI=1S/C13H21N3OS/c1-9-4-5-16(13(17)12(6-9)14-3)8-11-7-15-10(2)18-11/h7,9,12,14H,4-6,8H2,1-3H3. The highest BCUT2D eigenvalue weighted by Gasteiger charge is 2.28. The summed E-state index contributed by atoms with van der Waals surface area (Å²) >= 11 is 1.67. The molecule has 100 valence electrons. The Balaban J connectivity index is 2.08. The van der Waals surface area contributed by atoms with Crippen LogP contribution in [0.2, 0.25) is 0 Å². The van der Waals surface area contributed by atoms with E-state index < -0.39 is 0 Å². The van der Waals surface area contributed by atoms with Crippen molar-refractivity contribution in [1.82, 2.24) is 15.2 Å². The lowest BCUT2D eigenvalue weighted by molar-refractivity contribution is -0.133. The molecule has 1 saturated heterocycles. The molecular formula is C13H21N3OS. The van der Waals surface area contributed by atoms with E-state index in [4.69, 9.17) is 0 Å². The van der Waals surface area contributed by atoms with Crippen LogP contribution in [-0.4, -0.2) is 35.4 Å². The van der Waals surface area contributed by atoms with Gasteiger partial charge in [-0.3, -0.25) is 4.79 Å². The predicted octanol–water partition coefficient (Wildman–Crippen LogP) is 1.80. The molecule has 0 bridgehead atoms. The Kier molecular flexibility index (Phi) is 4.35. The molecule has 1 aliphatic heterocycles. The van der Waals surface area contributed by atoms with Crippen molar-refractivity contribution >= 4 is 17.2 Å². The summed E-state index contributed by atoms with van der Waals surface area (Å²) in [4.78, 5) is 19.8. The molecule has 0 saturated carbocycles. The molecule has 1 N–H and O–H groups in total. The van der Waals surface area contributed by atoms with Gasteiger partial charge < -0.3 is 10.2 Å². The van der Waals surface area contributed by atoms with Crippen LogP contribution in [0.25, 0.3) is 0 Å². The molecule has 1 aromatic heterocycles. The summed E-state index contributed by atoms with van der Waals surface area (Å²) in [6.07, 6.45) is 3.91. The van der Waals surface area contributed by atoms with Crippen LogP contribution in [0.4, 0.5) is 0 Å². The molecular weight excluding hydrogens is 246 g/mol. The lowest BCUT2D eigenvalue weighted by atomic mass is 10.0. The zero-order valence-corrected chi connectivity index (χ0v) is 12.1. The van der Waals surface area contributed by atoms with E-state index in [-0.39, 0.29) is 11.9 Å². The molecule has 2 heterocycles. The molecule has 2 unspecified atom stereocenters. The van der Waals surface area contributed by atoms with Gasteiger partial charge in [0.25, 0.3) is 0 Å². The zero-order chi connectivity index (χ0) is 13.1. The van der Waals surface area contributed by atoms with Crippen LogP contribution in [0.1, 0.15) is 29.7 Å². The second-order valence-electron chi connectivity index (χ2n) is 5.08. The van der Waals surface area contributed by atoms with Crippen LogP contribution in [0.3, 0.4) is 0 Å². The number of thiazole rings is 1. The smallest absolute Gasteiger partial charge is 0.240 e. The molecule has 1 amide bonds. The number of rotatable bonds is 3. The van der Waals surface area contributed by atoms with Crippen molar-refractivity contribution in [3.8, 4) is 0 Å². The zero-order valence-electron chi connectivity index (χ0n) is 11.3. The number of amides is 1. The van der Waals surface area contributed by atoms with Crippen molar-refractivity contribution in [1.29, 1.82) is 0 Å². The largest absolute Gasteiger partial charge is 0.336 e. The Labute approximate surface area is 112 Å². The molecule has 2 rings (SSSR count). The number of carbonyl (C=O) groups excluding carboxylic acids is 1. The number of likely N-dealkylation sites (N-methyl/N-ethyl adjacent to an activating group) is 1. The minimum absolute atomic E-state index is 0.0310. The molecule has 1 fully saturated rings. The van der Waals surface area contributed by atoms with Crippen LogP contribution < -0.4 is 5.32 Å². The van der Waals surface area contributed by atoms with E-state index in [1.165, 1.54) is 4.88 Å². The van der Waals surface area contributed by atoms with Crippen LogP contribution in [-0.2, 0) is 11.3 Å². The number of nitrogens with one attached hydrogen (secondary N) is 1. The summed E-state index contributed by atoms with van der Waals surface area (Å²) in [5, 5.41) is 4.20. The van der Waals surface area contributed by atoms with Crippen LogP contribution in [0.15, 0.2) is 6.20 Å². The molecule has 0 spiro atoms. The van der Waals surface area contributed by atoms with Crippen molar-refractivity contribution < 1.29 is 4.79 Å². The van der Waals surface area contributed by atoms with Gasteiger partial charge in [-0.1, -0.05) is 6.92 Å². The average Bonchev–Trinajstić information content (AvgIpc) is 2.70. The first-order valence-electron chi connectivity index (χ1n) is 6.47. The van der Waals surface area contributed by atoms with E-state index in [0.717, 1.165) is 24.4 Å². The first-order chi connectivity index (χ1) is 8.60. The monoisotopic (exact) mass is 267 g/mol. The molecule has 1 aliphatic rings. The fourth-order valence-corrected chi connectivity index (χ4v) is 3.20. The van der Waals surface area contributed by atoms with Gasteiger partial charge >= 0.3 is 0 Å². The van der Waals surface area contributed by atoms with E-state index in [9.17, 15) is 4.79 Å². The van der Waals surface area contributed by atoms with Crippen LogP contribution >= 0.6 is 11.3 Å². The van der Waals surface area contributed by atoms with Gasteiger partial charge in [0.15, 0.2) is 0 Å². The molecule has 0 aliphatic carbocycles. The summed E-state index contributed by atoms with van der Waals surface area (Å²) in [5.74, 6) is 0.826.